The van der Waals surface area contributed by atoms with Gasteiger partial charge in [-0.05, 0) is 29.9 Å². The van der Waals surface area contributed by atoms with Crippen molar-refractivity contribution < 1.29 is 8.78 Å². The fourth-order valence-corrected chi connectivity index (χ4v) is 3.13. The standard InChI is InChI=1S/C13H15F2N/c14-13(15)7-12(13,8-16)11-5-9-3-1-2-4-10(9)6-11/h1-4,11H,5-8,16H2. The highest BCUT2D eigenvalue weighted by atomic mass is 19.3. The fraction of sp³-hybridized carbons (Fsp3) is 0.538. The normalized spacial score (nSPS) is 31.4. The van der Waals surface area contributed by atoms with Gasteiger partial charge in [-0.15, -0.1) is 0 Å². The summed E-state index contributed by atoms with van der Waals surface area (Å²) in [6.45, 7) is 0.110. The average molecular weight is 223 g/mol. The summed E-state index contributed by atoms with van der Waals surface area (Å²) >= 11 is 0. The van der Waals surface area contributed by atoms with Crippen molar-refractivity contribution in [1.29, 1.82) is 0 Å². The maximum atomic E-state index is 13.4. The minimum absolute atomic E-state index is 0.0187. The van der Waals surface area contributed by atoms with Crippen molar-refractivity contribution in [2.45, 2.75) is 25.2 Å². The first-order valence-electron chi connectivity index (χ1n) is 5.74. The highest BCUT2D eigenvalue weighted by Gasteiger charge is 2.73. The largest absolute Gasteiger partial charge is 0.330 e. The summed E-state index contributed by atoms with van der Waals surface area (Å²) in [6.07, 6.45) is 1.51. The Morgan fingerprint density at radius 1 is 1.19 bits per heavy atom. The van der Waals surface area contributed by atoms with E-state index in [1.807, 2.05) is 24.3 Å². The van der Waals surface area contributed by atoms with Crippen LogP contribution in [0.25, 0.3) is 0 Å². The van der Waals surface area contributed by atoms with Gasteiger partial charge in [-0.25, -0.2) is 8.78 Å². The number of hydrogen-bond acceptors (Lipinski definition) is 1. The summed E-state index contributed by atoms with van der Waals surface area (Å²) in [6, 6.07) is 8.03. The smallest absolute Gasteiger partial charge is 0.256 e. The van der Waals surface area contributed by atoms with Gasteiger partial charge >= 0.3 is 0 Å². The number of benzene rings is 1. The molecule has 3 heteroatoms. The summed E-state index contributed by atoms with van der Waals surface area (Å²) in [7, 11) is 0. The first kappa shape index (κ1) is 10.2. The minimum atomic E-state index is -2.53. The lowest BCUT2D eigenvalue weighted by molar-refractivity contribution is 0.0434. The molecule has 0 aromatic heterocycles. The van der Waals surface area contributed by atoms with Gasteiger partial charge in [0.05, 0.1) is 5.41 Å². The Morgan fingerprint density at radius 3 is 2.06 bits per heavy atom. The molecule has 1 unspecified atom stereocenters. The molecule has 0 aliphatic heterocycles. The van der Waals surface area contributed by atoms with Gasteiger partial charge in [0, 0.05) is 13.0 Å². The molecule has 1 fully saturated rings. The number of halogens is 2. The molecule has 1 aromatic carbocycles. The van der Waals surface area contributed by atoms with Crippen LogP contribution < -0.4 is 5.73 Å². The second-order valence-corrected chi connectivity index (χ2v) is 5.12. The van der Waals surface area contributed by atoms with E-state index < -0.39 is 11.3 Å². The molecular formula is C13H15F2N. The molecule has 86 valence electrons. The number of fused-ring (bicyclic) bond motifs is 1. The third-order valence-corrected chi connectivity index (χ3v) is 4.34. The van der Waals surface area contributed by atoms with Crippen LogP contribution in [0.4, 0.5) is 8.78 Å². The van der Waals surface area contributed by atoms with Crippen LogP contribution in [0, 0.1) is 11.3 Å². The quantitative estimate of drug-likeness (QED) is 0.818. The fourth-order valence-electron chi connectivity index (χ4n) is 3.13. The molecule has 2 aliphatic carbocycles. The molecule has 1 atom stereocenters. The van der Waals surface area contributed by atoms with Gasteiger partial charge < -0.3 is 5.73 Å². The molecule has 1 nitrogen and oxygen atoms in total. The Kier molecular flexibility index (Phi) is 1.94. The van der Waals surface area contributed by atoms with Crippen molar-refractivity contribution in [1.82, 2.24) is 0 Å². The molecule has 0 saturated heterocycles. The van der Waals surface area contributed by atoms with Crippen LogP contribution in [0.2, 0.25) is 0 Å². The van der Waals surface area contributed by atoms with Gasteiger partial charge in [0.1, 0.15) is 0 Å². The third kappa shape index (κ3) is 1.18. The van der Waals surface area contributed by atoms with Crippen LogP contribution in [0.15, 0.2) is 24.3 Å². The topological polar surface area (TPSA) is 26.0 Å². The molecule has 0 radical (unpaired) electrons. The molecule has 0 heterocycles. The molecule has 0 spiro atoms. The van der Waals surface area contributed by atoms with Crippen LogP contribution in [0.5, 0.6) is 0 Å². The second kappa shape index (κ2) is 3.04. The lowest BCUT2D eigenvalue weighted by Crippen LogP contribution is -2.31. The van der Waals surface area contributed by atoms with E-state index in [1.54, 1.807) is 0 Å². The van der Waals surface area contributed by atoms with Crippen molar-refractivity contribution in [3.05, 3.63) is 35.4 Å². The van der Waals surface area contributed by atoms with Crippen molar-refractivity contribution in [3.8, 4) is 0 Å². The van der Waals surface area contributed by atoms with Crippen molar-refractivity contribution in [2.24, 2.45) is 17.1 Å². The van der Waals surface area contributed by atoms with E-state index >= 15 is 0 Å². The molecule has 3 rings (SSSR count). The predicted octanol–water partition coefficient (Wildman–Crippen LogP) is 2.39. The third-order valence-electron chi connectivity index (χ3n) is 4.34. The summed E-state index contributed by atoms with van der Waals surface area (Å²) in [5.74, 6) is -2.50. The maximum absolute atomic E-state index is 13.4. The molecule has 16 heavy (non-hydrogen) atoms. The monoisotopic (exact) mass is 223 g/mol. The second-order valence-electron chi connectivity index (χ2n) is 5.12. The van der Waals surface area contributed by atoms with Gasteiger partial charge in [0.25, 0.3) is 5.92 Å². The van der Waals surface area contributed by atoms with Crippen LogP contribution in [0.1, 0.15) is 17.5 Å². The molecular weight excluding hydrogens is 208 g/mol. The first-order chi connectivity index (χ1) is 7.59. The van der Waals surface area contributed by atoms with E-state index in [2.05, 4.69) is 0 Å². The van der Waals surface area contributed by atoms with E-state index in [0.29, 0.717) is 0 Å². The number of alkyl halides is 2. The summed E-state index contributed by atoms with van der Waals surface area (Å²) in [5.41, 5.74) is 7.12. The Balaban J connectivity index is 1.87. The summed E-state index contributed by atoms with van der Waals surface area (Å²) in [5, 5.41) is 0. The van der Waals surface area contributed by atoms with Crippen molar-refractivity contribution >= 4 is 0 Å². The number of rotatable bonds is 2. The van der Waals surface area contributed by atoms with Gasteiger partial charge in [0.2, 0.25) is 0 Å². The van der Waals surface area contributed by atoms with Gasteiger partial charge in [-0.1, -0.05) is 24.3 Å². The van der Waals surface area contributed by atoms with E-state index in [4.69, 9.17) is 5.73 Å². The van der Waals surface area contributed by atoms with Crippen LogP contribution in [0.3, 0.4) is 0 Å². The molecule has 1 aromatic rings. The van der Waals surface area contributed by atoms with E-state index in [-0.39, 0.29) is 18.9 Å². The Bertz CT molecular complexity index is 405. The van der Waals surface area contributed by atoms with Gasteiger partial charge in [-0.3, -0.25) is 0 Å². The highest BCUT2D eigenvalue weighted by molar-refractivity contribution is 5.35. The number of hydrogen-bond donors (Lipinski definition) is 1. The van der Waals surface area contributed by atoms with Crippen molar-refractivity contribution in [3.63, 3.8) is 0 Å². The maximum Gasteiger partial charge on any atom is 0.256 e. The summed E-state index contributed by atoms with van der Waals surface area (Å²) in [4.78, 5) is 0. The van der Waals surface area contributed by atoms with Crippen LogP contribution >= 0.6 is 0 Å². The SMILES string of the molecule is NCC1(C2Cc3ccccc3C2)CC1(F)F. The molecule has 2 aliphatic rings. The lowest BCUT2D eigenvalue weighted by Gasteiger charge is -2.21. The summed E-state index contributed by atoms with van der Waals surface area (Å²) < 4.78 is 26.9. The Hall–Kier alpha value is -0.960. The zero-order valence-corrected chi connectivity index (χ0v) is 9.05. The Labute approximate surface area is 93.6 Å². The van der Waals surface area contributed by atoms with Gasteiger partial charge in [-0.2, -0.15) is 0 Å². The van der Waals surface area contributed by atoms with E-state index in [1.165, 1.54) is 11.1 Å². The van der Waals surface area contributed by atoms with Crippen molar-refractivity contribution in [2.75, 3.05) is 6.54 Å². The Morgan fingerprint density at radius 2 is 1.69 bits per heavy atom. The van der Waals surface area contributed by atoms with Crippen LogP contribution in [-0.4, -0.2) is 12.5 Å². The highest BCUT2D eigenvalue weighted by Crippen LogP contribution is 2.66. The van der Waals surface area contributed by atoms with E-state index in [0.717, 1.165) is 12.8 Å². The molecule has 2 N–H and O–H groups in total. The van der Waals surface area contributed by atoms with Gasteiger partial charge in [0.15, 0.2) is 0 Å². The average Bonchev–Trinajstić information content (AvgIpc) is 2.67. The predicted molar refractivity (Wildman–Crippen MR) is 58.4 cm³/mol. The van der Waals surface area contributed by atoms with E-state index in [9.17, 15) is 8.78 Å². The number of nitrogens with two attached hydrogens (primary N) is 1. The molecule has 0 amide bonds. The van der Waals surface area contributed by atoms with Crippen LogP contribution in [-0.2, 0) is 12.8 Å². The lowest BCUT2D eigenvalue weighted by atomic mass is 9.86. The zero-order valence-electron chi connectivity index (χ0n) is 9.05. The minimum Gasteiger partial charge on any atom is -0.330 e. The first-order valence-corrected chi connectivity index (χ1v) is 5.74. The zero-order chi connectivity index (χ0) is 11.4. The molecule has 0 bridgehead atoms. The molecule has 1 saturated carbocycles.